The molecule has 1 N–H and O–H groups in total. The maximum atomic E-state index is 13.2. The topological polar surface area (TPSA) is 67.2 Å². The van der Waals surface area contributed by atoms with Gasteiger partial charge in [-0.2, -0.15) is 5.10 Å². The molecule has 1 aromatic heterocycles. The van der Waals surface area contributed by atoms with Crippen LogP contribution < -0.4 is 5.32 Å². The van der Waals surface area contributed by atoms with E-state index < -0.39 is 0 Å². The molecular weight excluding hydrogens is 424 g/mol. The lowest BCUT2D eigenvalue weighted by Gasteiger charge is -2.22. The highest BCUT2D eigenvalue weighted by atomic mass is 16.2. The Morgan fingerprint density at radius 3 is 2.32 bits per heavy atom. The molecule has 34 heavy (non-hydrogen) atoms. The first-order valence-corrected chi connectivity index (χ1v) is 12.1. The van der Waals surface area contributed by atoms with Gasteiger partial charge in [0.15, 0.2) is 0 Å². The summed E-state index contributed by atoms with van der Waals surface area (Å²) in [6, 6.07) is 21.8. The average molecular weight is 459 g/mol. The van der Waals surface area contributed by atoms with Crippen LogP contribution in [0.4, 0.5) is 5.82 Å². The molecule has 2 amide bonds. The van der Waals surface area contributed by atoms with Gasteiger partial charge < -0.3 is 10.2 Å². The zero-order valence-electron chi connectivity index (χ0n) is 20.5. The lowest BCUT2D eigenvalue weighted by atomic mass is 9.92. The number of carbonyl (C=O) groups is 2. The Balaban J connectivity index is 1.48. The van der Waals surface area contributed by atoms with Crippen LogP contribution >= 0.6 is 0 Å². The number of anilines is 1. The van der Waals surface area contributed by atoms with Gasteiger partial charge in [0.1, 0.15) is 5.82 Å². The number of carbonyl (C=O) groups excluding carboxylic acids is 2. The summed E-state index contributed by atoms with van der Waals surface area (Å²) in [6.07, 6.45) is 1.65. The van der Waals surface area contributed by atoms with Gasteiger partial charge in [-0.25, -0.2) is 4.68 Å². The van der Waals surface area contributed by atoms with Crippen molar-refractivity contribution in [2.24, 2.45) is 5.92 Å². The van der Waals surface area contributed by atoms with E-state index in [1.165, 1.54) is 5.56 Å². The zero-order valence-corrected chi connectivity index (χ0v) is 20.5. The minimum atomic E-state index is -0.212. The van der Waals surface area contributed by atoms with Crippen LogP contribution in [-0.2, 0) is 15.0 Å². The predicted octanol–water partition coefficient (Wildman–Crippen LogP) is 5.15. The Hall–Kier alpha value is -3.41. The third-order valence-corrected chi connectivity index (χ3v) is 6.22. The van der Waals surface area contributed by atoms with Crippen molar-refractivity contribution in [3.63, 3.8) is 0 Å². The quantitative estimate of drug-likeness (QED) is 0.508. The largest absolute Gasteiger partial charge is 0.333 e. The highest BCUT2D eigenvalue weighted by molar-refractivity contribution is 5.95. The van der Waals surface area contributed by atoms with Crippen LogP contribution in [0.2, 0.25) is 0 Å². The molecule has 1 fully saturated rings. The van der Waals surface area contributed by atoms with Gasteiger partial charge in [-0.3, -0.25) is 9.59 Å². The van der Waals surface area contributed by atoms with Crippen molar-refractivity contribution in [1.29, 1.82) is 0 Å². The molecule has 3 aromatic rings. The first-order chi connectivity index (χ1) is 16.3. The molecule has 0 bridgehead atoms. The molecule has 2 atom stereocenters. The number of nitrogens with zero attached hydrogens (tertiary/aromatic N) is 3. The molecule has 1 aliphatic carbocycles. The van der Waals surface area contributed by atoms with Crippen LogP contribution in [0.25, 0.3) is 5.69 Å². The molecule has 1 aliphatic rings. The van der Waals surface area contributed by atoms with Crippen LogP contribution in [-0.4, -0.2) is 39.6 Å². The second-order valence-corrected chi connectivity index (χ2v) is 10.1. The Bertz CT molecular complexity index is 1130. The van der Waals surface area contributed by atoms with Crippen molar-refractivity contribution in [2.75, 3.05) is 18.4 Å². The van der Waals surface area contributed by atoms with E-state index in [2.05, 4.69) is 38.2 Å². The highest BCUT2D eigenvalue weighted by Crippen LogP contribution is 2.48. The smallest absolute Gasteiger partial charge is 0.245 e. The molecule has 1 heterocycles. The maximum absolute atomic E-state index is 13.2. The molecule has 2 aromatic carbocycles. The number of amides is 2. The Kier molecular flexibility index (Phi) is 6.87. The SMILES string of the molecule is CCCN(CC(=O)Nc1cc(C(C)(C)C)nn1-c1ccccc1)C(=O)C1CC1c1ccccc1. The molecule has 6 heteroatoms. The van der Waals surface area contributed by atoms with Gasteiger partial charge in [0.05, 0.1) is 17.9 Å². The minimum Gasteiger partial charge on any atom is -0.333 e. The predicted molar refractivity (Wildman–Crippen MR) is 135 cm³/mol. The maximum Gasteiger partial charge on any atom is 0.245 e. The first kappa shape index (κ1) is 23.7. The number of benzene rings is 2. The van der Waals surface area contributed by atoms with E-state index in [9.17, 15) is 9.59 Å². The number of hydrogen-bond donors (Lipinski definition) is 1. The standard InChI is InChI=1S/C28H34N4O2/c1-5-16-31(27(34)23-17-22(23)20-12-8-6-9-13-20)19-26(33)29-25-18-24(28(2,3)4)30-32(25)21-14-10-7-11-15-21/h6-15,18,22-23H,5,16-17,19H2,1-4H3,(H,29,33). The van der Waals surface area contributed by atoms with Crippen LogP contribution in [0, 0.1) is 5.92 Å². The minimum absolute atomic E-state index is 0.0372. The summed E-state index contributed by atoms with van der Waals surface area (Å²) in [5.74, 6) is 0.682. The van der Waals surface area contributed by atoms with E-state index in [-0.39, 0.29) is 35.6 Å². The Morgan fingerprint density at radius 1 is 1.06 bits per heavy atom. The summed E-state index contributed by atoms with van der Waals surface area (Å²) in [4.78, 5) is 28.0. The van der Waals surface area contributed by atoms with E-state index in [4.69, 9.17) is 5.10 Å². The summed E-state index contributed by atoms with van der Waals surface area (Å²) in [5, 5.41) is 7.77. The highest BCUT2D eigenvalue weighted by Gasteiger charge is 2.45. The van der Waals surface area contributed by atoms with Crippen LogP contribution in [0.3, 0.4) is 0 Å². The molecule has 2 unspecified atom stereocenters. The van der Waals surface area contributed by atoms with Crippen molar-refractivity contribution in [1.82, 2.24) is 14.7 Å². The average Bonchev–Trinajstić information content (AvgIpc) is 3.51. The molecule has 0 radical (unpaired) electrons. The van der Waals surface area contributed by atoms with E-state index in [1.54, 1.807) is 9.58 Å². The molecule has 1 saturated carbocycles. The van der Waals surface area contributed by atoms with Crippen LogP contribution in [0.5, 0.6) is 0 Å². The van der Waals surface area contributed by atoms with Crippen molar-refractivity contribution in [3.8, 4) is 5.69 Å². The molecule has 0 saturated heterocycles. The van der Waals surface area contributed by atoms with Crippen molar-refractivity contribution < 1.29 is 9.59 Å². The van der Waals surface area contributed by atoms with E-state index >= 15 is 0 Å². The number of aromatic nitrogens is 2. The summed E-state index contributed by atoms with van der Waals surface area (Å²) < 4.78 is 1.76. The van der Waals surface area contributed by atoms with E-state index in [0.29, 0.717) is 12.4 Å². The second-order valence-electron chi connectivity index (χ2n) is 10.1. The molecule has 4 rings (SSSR count). The molecule has 6 nitrogen and oxygen atoms in total. The second kappa shape index (κ2) is 9.84. The van der Waals surface area contributed by atoms with Gasteiger partial charge in [0.25, 0.3) is 0 Å². The number of rotatable bonds is 8. The fourth-order valence-electron chi connectivity index (χ4n) is 4.27. The van der Waals surface area contributed by atoms with Gasteiger partial charge in [-0.15, -0.1) is 0 Å². The van der Waals surface area contributed by atoms with Crippen molar-refractivity contribution in [3.05, 3.63) is 78.0 Å². The number of para-hydroxylation sites is 1. The van der Waals surface area contributed by atoms with Gasteiger partial charge in [-0.05, 0) is 36.5 Å². The lowest BCUT2D eigenvalue weighted by Crippen LogP contribution is -2.39. The van der Waals surface area contributed by atoms with Crippen molar-refractivity contribution in [2.45, 2.75) is 51.9 Å². The summed E-state index contributed by atoms with van der Waals surface area (Å²) >= 11 is 0. The summed E-state index contributed by atoms with van der Waals surface area (Å²) in [5.41, 5.74) is 2.79. The molecule has 0 aliphatic heterocycles. The van der Waals surface area contributed by atoms with Gasteiger partial charge in [0.2, 0.25) is 11.8 Å². The van der Waals surface area contributed by atoms with Gasteiger partial charge in [0, 0.05) is 23.9 Å². The Labute approximate surface area is 202 Å². The zero-order chi connectivity index (χ0) is 24.3. The van der Waals surface area contributed by atoms with Gasteiger partial charge in [-0.1, -0.05) is 76.2 Å². The van der Waals surface area contributed by atoms with Crippen LogP contribution in [0.1, 0.15) is 57.7 Å². The summed E-state index contributed by atoms with van der Waals surface area (Å²) in [7, 11) is 0. The van der Waals surface area contributed by atoms with E-state index in [1.807, 2.05) is 61.5 Å². The van der Waals surface area contributed by atoms with Gasteiger partial charge >= 0.3 is 0 Å². The number of hydrogen-bond acceptors (Lipinski definition) is 3. The van der Waals surface area contributed by atoms with Crippen molar-refractivity contribution >= 4 is 17.6 Å². The first-order valence-electron chi connectivity index (χ1n) is 12.1. The van der Waals surface area contributed by atoms with Crippen LogP contribution in [0.15, 0.2) is 66.7 Å². The lowest BCUT2D eigenvalue weighted by molar-refractivity contribution is -0.136. The monoisotopic (exact) mass is 458 g/mol. The normalized spacial score (nSPS) is 17.3. The summed E-state index contributed by atoms with van der Waals surface area (Å²) in [6.45, 7) is 8.91. The fourth-order valence-corrected chi connectivity index (χ4v) is 4.27. The molecule has 178 valence electrons. The third kappa shape index (κ3) is 5.38. The molecular formula is C28H34N4O2. The number of nitrogens with one attached hydrogen (secondary N) is 1. The van der Waals surface area contributed by atoms with E-state index in [0.717, 1.165) is 24.2 Å². The molecule has 0 spiro atoms. The Morgan fingerprint density at radius 2 is 1.71 bits per heavy atom. The fraction of sp³-hybridized carbons (Fsp3) is 0.393. The third-order valence-electron chi connectivity index (χ3n) is 6.22.